The predicted octanol–water partition coefficient (Wildman–Crippen LogP) is 0.600. The number of hydrazine groups is 1. The molecule has 1 heterocycles. The highest BCUT2D eigenvalue weighted by molar-refractivity contribution is 5.44. The van der Waals surface area contributed by atoms with Crippen LogP contribution in [0, 0.1) is 0 Å². The van der Waals surface area contributed by atoms with Gasteiger partial charge in [-0.25, -0.2) is 5.43 Å². The van der Waals surface area contributed by atoms with Gasteiger partial charge in [0.05, 0.1) is 0 Å². The summed E-state index contributed by atoms with van der Waals surface area (Å²) in [7, 11) is 0. The average molecular weight is 220 g/mol. The van der Waals surface area contributed by atoms with Crippen molar-refractivity contribution < 1.29 is 13.2 Å². The van der Waals surface area contributed by atoms with Gasteiger partial charge in [0.2, 0.25) is 0 Å². The lowest BCUT2D eigenvalue weighted by atomic mass is 10.1. The minimum atomic E-state index is -4.41. The highest BCUT2D eigenvalue weighted by atomic mass is 19.4. The van der Waals surface area contributed by atoms with Crippen molar-refractivity contribution in [3.05, 3.63) is 24.0 Å². The van der Waals surface area contributed by atoms with E-state index in [1.165, 1.54) is 18.5 Å². The van der Waals surface area contributed by atoms with Crippen LogP contribution in [0.25, 0.3) is 0 Å². The van der Waals surface area contributed by atoms with Crippen LogP contribution in [0.4, 0.5) is 18.9 Å². The summed E-state index contributed by atoms with van der Waals surface area (Å²) in [4.78, 5) is 3.70. The number of nitrogens with two attached hydrogens (primary N) is 2. The van der Waals surface area contributed by atoms with Crippen molar-refractivity contribution in [1.82, 2.24) is 10.4 Å². The monoisotopic (exact) mass is 220 g/mol. The Bertz CT molecular complexity index is 326. The molecule has 0 saturated carbocycles. The molecule has 1 unspecified atom stereocenters. The Morgan fingerprint density at radius 2 is 2.13 bits per heavy atom. The van der Waals surface area contributed by atoms with Crippen LogP contribution in [-0.4, -0.2) is 17.2 Å². The molecule has 0 aliphatic carbocycles. The maximum absolute atomic E-state index is 12.3. The zero-order valence-corrected chi connectivity index (χ0v) is 7.75. The van der Waals surface area contributed by atoms with Crippen molar-refractivity contribution >= 4 is 5.69 Å². The summed E-state index contributed by atoms with van der Waals surface area (Å²) >= 11 is 0. The van der Waals surface area contributed by atoms with Gasteiger partial charge in [-0.15, -0.1) is 0 Å². The van der Waals surface area contributed by atoms with Crippen molar-refractivity contribution in [1.29, 1.82) is 0 Å². The summed E-state index contributed by atoms with van der Waals surface area (Å²) < 4.78 is 37.0. The number of alkyl halides is 3. The van der Waals surface area contributed by atoms with E-state index in [4.69, 9.17) is 11.6 Å². The number of hydrogen-bond donors (Lipinski definition) is 3. The van der Waals surface area contributed by atoms with E-state index in [1.54, 1.807) is 5.43 Å². The molecule has 0 amide bonds. The van der Waals surface area contributed by atoms with Gasteiger partial charge in [0, 0.05) is 24.5 Å². The van der Waals surface area contributed by atoms with Crippen LogP contribution in [-0.2, 0) is 6.42 Å². The van der Waals surface area contributed by atoms with Crippen molar-refractivity contribution in [3.8, 4) is 0 Å². The van der Waals surface area contributed by atoms with Crippen LogP contribution >= 0.6 is 0 Å². The van der Waals surface area contributed by atoms with Crippen LogP contribution in [0.5, 0.6) is 0 Å². The first-order valence-electron chi connectivity index (χ1n) is 4.16. The van der Waals surface area contributed by atoms with E-state index in [2.05, 4.69) is 4.98 Å². The van der Waals surface area contributed by atoms with Gasteiger partial charge in [-0.2, -0.15) is 13.2 Å². The summed E-state index contributed by atoms with van der Waals surface area (Å²) in [6.07, 6.45) is -2.03. The average Bonchev–Trinajstić information content (AvgIpc) is 2.14. The smallest absolute Gasteiger partial charge is 0.398 e. The van der Waals surface area contributed by atoms with Crippen molar-refractivity contribution in [2.24, 2.45) is 5.84 Å². The van der Waals surface area contributed by atoms with E-state index in [9.17, 15) is 13.2 Å². The number of nitrogens with zero attached hydrogens (tertiary/aromatic N) is 1. The van der Waals surface area contributed by atoms with E-state index in [0.717, 1.165) is 0 Å². The van der Waals surface area contributed by atoms with Gasteiger partial charge in [-0.3, -0.25) is 10.8 Å². The first-order valence-corrected chi connectivity index (χ1v) is 4.16. The number of anilines is 1. The maximum atomic E-state index is 12.3. The van der Waals surface area contributed by atoms with Gasteiger partial charge in [-0.1, -0.05) is 0 Å². The number of hydrogen-bond acceptors (Lipinski definition) is 4. The third-order valence-electron chi connectivity index (χ3n) is 1.96. The molecule has 15 heavy (non-hydrogen) atoms. The molecule has 7 heteroatoms. The van der Waals surface area contributed by atoms with Gasteiger partial charge in [0.25, 0.3) is 0 Å². The lowest BCUT2D eigenvalue weighted by Crippen LogP contribution is -2.47. The second-order valence-electron chi connectivity index (χ2n) is 3.04. The van der Waals surface area contributed by atoms with E-state index in [0.29, 0.717) is 5.56 Å². The molecule has 1 atom stereocenters. The fourth-order valence-corrected chi connectivity index (χ4v) is 1.10. The first kappa shape index (κ1) is 11.7. The Morgan fingerprint density at radius 3 is 2.60 bits per heavy atom. The lowest BCUT2D eigenvalue weighted by Gasteiger charge is -2.19. The Labute approximate surface area is 84.4 Å². The van der Waals surface area contributed by atoms with E-state index >= 15 is 0 Å². The third-order valence-corrected chi connectivity index (χ3v) is 1.96. The molecule has 0 aliphatic rings. The number of aromatic nitrogens is 1. The molecule has 1 aromatic heterocycles. The Hall–Kier alpha value is -1.34. The zero-order valence-electron chi connectivity index (χ0n) is 7.75. The van der Waals surface area contributed by atoms with Crippen LogP contribution in [0.1, 0.15) is 5.56 Å². The van der Waals surface area contributed by atoms with Crippen LogP contribution < -0.4 is 17.0 Å². The summed E-state index contributed by atoms with van der Waals surface area (Å²) in [6, 6.07) is -0.372. The molecule has 1 rings (SSSR count). The Kier molecular flexibility index (Phi) is 3.48. The molecule has 5 N–H and O–H groups in total. The molecule has 1 aromatic rings. The Balaban J connectivity index is 2.80. The quantitative estimate of drug-likeness (QED) is 0.515. The van der Waals surface area contributed by atoms with Gasteiger partial charge in [0.15, 0.2) is 0 Å². The largest absolute Gasteiger partial charge is 0.405 e. The zero-order chi connectivity index (χ0) is 11.5. The number of nitrogen functional groups attached to an aromatic ring is 1. The van der Waals surface area contributed by atoms with Gasteiger partial charge in [0.1, 0.15) is 6.04 Å². The lowest BCUT2D eigenvalue weighted by molar-refractivity contribution is -0.155. The second kappa shape index (κ2) is 4.45. The first-order chi connectivity index (χ1) is 6.95. The minimum absolute atomic E-state index is 0.273. The second-order valence-corrected chi connectivity index (χ2v) is 3.04. The highest BCUT2D eigenvalue weighted by Gasteiger charge is 2.39. The minimum Gasteiger partial charge on any atom is -0.398 e. The molecule has 0 aromatic carbocycles. The highest BCUT2D eigenvalue weighted by Crippen LogP contribution is 2.23. The number of halogens is 3. The predicted molar refractivity (Wildman–Crippen MR) is 49.5 cm³/mol. The van der Waals surface area contributed by atoms with Crippen molar-refractivity contribution in [2.45, 2.75) is 18.6 Å². The van der Waals surface area contributed by atoms with E-state index < -0.39 is 12.2 Å². The molecule has 4 nitrogen and oxygen atoms in total. The maximum Gasteiger partial charge on any atom is 0.405 e. The van der Waals surface area contributed by atoms with Crippen LogP contribution in [0.2, 0.25) is 0 Å². The molecular formula is C8H11F3N4. The van der Waals surface area contributed by atoms with Crippen molar-refractivity contribution in [2.75, 3.05) is 5.73 Å². The Morgan fingerprint density at radius 1 is 1.47 bits per heavy atom. The van der Waals surface area contributed by atoms with Gasteiger partial charge in [-0.05, 0) is 11.6 Å². The fourth-order valence-electron chi connectivity index (χ4n) is 1.10. The number of nitrogens with one attached hydrogen (secondary N) is 1. The molecule has 0 radical (unpaired) electrons. The topological polar surface area (TPSA) is 77.0 Å². The molecule has 0 spiro atoms. The normalized spacial score (nSPS) is 13.9. The molecule has 0 saturated heterocycles. The van der Waals surface area contributed by atoms with Gasteiger partial charge < -0.3 is 5.73 Å². The molecular weight excluding hydrogens is 209 g/mol. The molecule has 0 bridgehead atoms. The summed E-state index contributed by atoms with van der Waals surface area (Å²) in [6.45, 7) is 0. The molecule has 84 valence electrons. The number of rotatable bonds is 3. The molecule has 0 aliphatic heterocycles. The standard InChI is InChI=1S/C8H11F3N4/c9-8(10,11)7(15-13)3-5-4-14-2-1-6(5)12/h1-2,4,7,15H,3,13H2,(H2,12,14). The SMILES string of the molecule is NNC(Cc1cnccc1N)C(F)(F)F. The van der Waals surface area contributed by atoms with Crippen LogP contribution in [0.3, 0.4) is 0 Å². The fraction of sp³-hybridized carbons (Fsp3) is 0.375. The van der Waals surface area contributed by atoms with Crippen molar-refractivity contribution in [3.63, 3.8) is 0 Å². The van der Waals surface area contributed by atoms with E-state index in [1.807, 2.05) is 0 Å². The summed E-state index contributed by atoms with van der Waals surface area (Å²) in [5.41, 5.74) is 7.79. The third kappa shape index (κ3) is 3.07. The summed E-state index contributed by atoms with van der Waals surface area (Å²) in [5, 5.41) is 0. The molecule has 0 fully saturated rings. The van der Waals surface area contributed by atoms with E-state index in [-0.39, 0.29) is 12.1 Å². The summed E-state index contributed by atoms with van der Waals surface area (Å²) in [5.74, 6) is 4.83. The van der Waals surface area contributed by atoms with Gasteiger partial charge >= 0.3 is 6.18 Å². The van der Waals surface area contributed by atoms with Crippen LogP contribution in [0.15, 0.2) is 18.5 Å². The number of pyridine rings is 1.